The normalized spacial score (nSPS) is 11.5. The first-order valence-electron chi connectivity index (χ1n) is 29.7. The van der Waals surface area contributed by atoms with E-state index in [-0.39, 0.29) is 25.0 Å². The highest BCUT2D eigenvalue weighted by Gasteiger charge is 2.15. The molecule has 0 aliphatic rings. The van der Waals surface area contributed by atoms with Crippen LogP contribution in [-0.4, -0.2) is 214 Å². The third-order valence-electron chi connectivity index (χ3n) is 11.3. The molecule has 0 saturated heterocycles. The topological polar surface area (TPSA) is 234 Å². The summed E-state index contributed by atoms with van der Waals surface area (Å²) < 4.78 is 76.2. The van der Waals surface area contributed by atoms with Gasteiger partial charge in [-0.2, -0.15) is 0 Å². The molecular formula is C57H111N3O18. The van der Waals surface area contributed by atoms with Crippen molar-refractivity contribution in [1.82, 2.24) is 16.0 Å². The molecule has 21 heteroatoms. The summed E-state index contributed by atoms with van der Waals surface area (Å²) in [7, 11) is 0. The van der Waals surface area contributed by atoms with E-state index >= 15 is 0 Å². The van der Waals surface area contributed by atoms with E-state index in [1.54, 1.807) is 0 Å². The lowest BCUT2D eigenvalue weighted by atomic mass is 10.0. The van der Waals surface area contributed by atoms with Crippen LogP contribution < -0.4 is 16.0 Å². The maximum atomic E-state index is 12.2. The molecule has 0 atom stereocenters. The molecule has 3 N–H and O–H groups in total. The average molecular weight is 1130 g/mol. The molecule has 0 spiro atoms. The molecule has 0 unspecified atom stereocenters. The van der Waals surface area contributed by atoms with Crippen molar-refractivity contribution < 1.29 is 85.5 Å². The van der Waals surface area contributed by atoms with E-state index in [0.29, 0.717) is 190 Å². The van der Waals surface area contributed by atoms with Crippen LogP contribution in [0.2, 0.25) is 0 Å². The SMILES string of the molecule is CCCCCNC(=O)NCCCCCC(=O)CCCCCCCCCCCCCNC(=O)OCCOCCOCCOCCOCCOCCOCCOCCOCCOCCOCCOCCOCCC(=O)OC(C)(C)C. The summed E-state index contributed by atoms with van der Waals surface area (Å²) >= 11 is 0. The number of amides is 3. The average Bonchev–Trinajstić information content (AvgIpc) is 3.41. The van der Waals surface area contributed by atoms with E-state index in [2.05, 4.69) is 22.9 Å². The minimum atomic E-state index is -0.483. The molecule has 0 heterocycles. The first-order chi connectivity index (χ1) is 38.1. The molecule has 0 saturated carbocycles. The standard InChI is InChI=1S/C57H111N3O18/c1-5-6-19-25-58-55(63)59-26-21-16-18-23-53(61)22-17-14-12-10-8-7-9-11-13-15-20-27-60-56(64)77-52-51-76-50-49-75-48-47-74-46-45-73-44-43-72-42-41-71-40-39-70-38-37-69-36-35-68-34-33-67-32-31-66-30-29-65-28-24-54(62)78-57(2,3)4/h5-52H2,1-4H3,(H,60,64)(H2,58,59,63). The zero-order valence-corrected chi connectivity index (χ0v) is 49.3. The van der Waals surface area contributed by atoms with Crippen molar-refractivity contribution in [3.8, 4) is 0 Å². The predicted molar refractivity (Wildman–Crippen MR) is 299 cm³/mol. The lowest BCUT2D eigenvalue weighted by Gasteiger charge is -2.19. The monoisotopic (exact) mass is 1130 g/mol. The molecule has 0 radical (unpaired) electrons. The van der Waals surface area contributed by atoms with E-state index in [9.17, 15) is 19.2 Å². The van der Waals surface area contributed by atoms with Crippen molar-refractivity contribution in [2.24, 2.45) is 0 Å². The third kappa shape index (κ3) is 65.7. The van der Waals surface area contributed by atoms with E-state index < -0.39 is 11.7 Å². The van der Waals surface area contributed by atoms with Crippen molar-refractivity contribution in [2.45, 2.75) is 162 Å². The number of rotatable bonds is 63. The second kappa shape index (κ2) is 61.8. The zero-order valence-electron chi connectivity index (χ0n) is 49.3. The van der Waals surface area contributed by atoms with Crippen molar-refractivity contribution >= 4 is 23.9 Å². The van der Waals surface area contributed by atoms with Crippen LogP contribution in [0.1, 0.15) is 156 Å². The fraction of sp³-hybridized carbons (Fsp3) is 0.930. The smallest absolute Gasteiger partial charge is 0.407 e. The summed E-state index contributed by atoms with van der Waals surface area (Å²) in [4.78, 5) is 47.4. The lowest BCUT2D eigenvalue weighted by Crippen LogP contribution is -2.36. The van der Waals surface area contributed by atoms with Crippen molar-refractivity contribution in [3.63, 3.8) is 0 Å². The number of carbonyl (C=O) groups is 4. The van der Waals surface area contributed by atoms with Gasteiger partial charge < -0.3 is 82.3 Å². The number of ketones is 1. The van der Waals surface area contributed by atoms with Crippen LogP contribution in [0.4, 0.5) is 9.59 Å². The van der Waals surface area contributed by atoms with Gasteiger partial charge in [0.15, 0.2) is 0 Å². The van der Waals surface area contributed by atoms with Crippen LogP contribution in [0.15, 0.2) is 0 Å². The maximum absolute atomic E-state index is 12.2. The third-order valence-corrected chi connectivity index (χ3v) is 11.3. The van der Waals surface area contributed by atoms with Gasteiger partial charge in [-0.15, -0.1) is 0 Å². The number of ether oxygens (including phenoxy) is 14. The molecule has 0 aromatic heterocycles. The van der Waals surface area contributed by atoms with Gasteiger partial charge in [-0.3, -0.25) is 9.59 Å². The van der Waals surface area contributed by atoms with Gasteiger partial charge in [-0.25, -0.2) is 9.59 Å². The Hall–Kier alpha value is -2.80. The molecular weight excluding hydrogens is 1010 g/mol. The summed E-state index contributed by atoms with van der Waals surface area (Å²) in [6.07, 6.45) is 20.0. The van der Waals surface area contributed by atoms with Gasteiger partial charge in [0, 0.05) is 32.5 Å². The molecule has 0 fully saturated rings. The summed E-state index contributed by atoms with van der Waals surface area (Å²) in [5.41, 5.74) is -0.483. The number of esters is 1. The number of carbonyl (C=O) groups excluding carboxylic acids is 4. The van der Waals surface area contributed by atoms with Gasteiger partial charge in [0.2, 0.25) is 0 Å². The molecule has 462 valence electrons. The number of urea groups is 1. The first kappa shape index (κ1) is 75.2. The first-order valence-corrected chi connectivity index (χ1v) is 29.7. The largest absolute Gasteiger partial charge is 0.460 e. The van der Waals surface area contributed by atoms with Crippen LogP contribution in [0.3, 0.4) is 0 Å². The highest BCUT2D eigenvalue weighted by atomic mass is 16.6. The van der Waals surface area contributed by atoms with Crippen molar-refractivity contribution in [3.05, 3.63) is 0 Å². The molecule has 0 aliphatic heterocycles. The van der Waals surface area contributed by atoms with E-state index in [4.69, 9.17) is 66.3 Å². The van der Waals surface area contributed by atoms with Crippen LogP contribution in [-0.2, 0) is 75.9 Å². The number of hydrogen-bond donors (Lipinski definition) is 3. The van der Waals surface area contributed by atoms with Gasteiger partial charge in [0.1, 0.15) is 18.0 Å². The number of unbranched alkanes of at least 4 members (excludes halogenated alkanes) is 14. The van der Waals surface area contributed by atoms with Gasteiger partial charge in [-0.1, -0.05) is 84.0 Å². The number of nitrogens with one attached hydrogen (secondary N) is 3. The molecule has 0 aromatic carbocycles. The predicted octanol–water partition coefficient (Wildman–Crippen LogP) is 7.94. The fourth-order valence-corrected chi connectivity index (χ4v) is 7.13. The molecule has 78 heavy (non-hydrogen) atoms. The summed E-state index contributed by atoms with van der Waals surface area (Å²) in [6, 6.07) is -0.0875. The molecule has 0 aromatic rings. The Labute approximate surface area is 470 Å². The highest BCUT2D eigenvalue weighted by Crippen LogP contribution is 2.13. The Balaban J connectivity index is 3.21. The molecule has 0 bridgehead atoms. The van der Waals surface area contributed by atoms with Gasteiger partial charge in [0.05, 0.1) is 165 Å². The Kier molecular flexibility index (Phi) is 59.6. The van der Waals surface area contributed by atoms with E-state index in [1.165, 1.54) is 44.9 Å². The summed E-state index contributed by atoms with van der Waals surface area (Å²) in [5.74, 6) is 0.103. The molecule has 0 aliphatic carbocycles. The second-order valence-corrected chi connectivity index (χ2v) is 19.6. The quantitative estimate of drug-likeness (QED) is 0.0387. The molecule has 0 rings (SSSR count). The van der Waals surface area contributed by atoms with E-state index in [0.717, 1.165) is 70.8 Å². The van der Waals surface area contributed by atoms with Crippen LogP contribution in [0.5, 0.6) is 0 Å². The number of alkyl carbamates (subject to hydrolysis) is 1. The Morgan fingerprint density at radius 2 is 0.577 bits per heavy atom. The molecule has 21 nitrogen and oxygen atoms in total. The summed E-state index contributed by atoms with van der Waals surface area (Å²) in [5, 5.41) is 8.58. The maximum Gasteiger partial charge on any atom is 0.407 e. The Bertz CT molecular complexity index is 1300. The van der Waals surface area contributed by atoms with Gasteiger partial charge >= 0.3 is 18.1 Å². The highest BCUT2D eigenvalue weighted by molar-refractivity contribution is 5.78. The number of Topliss-reactive ketones (excluding diaryl/α,β-unsaturated/α-hetero) is 1. The zero-order chi connectivity index (χ0) is 56.8. The fourth-order valence-electron chi connectivity index (χ4n) is 7.13. The molecule has 3 amide bonds. The van der Waals surface area contributed by atoms with Crippen LogP contribution >= 0.6 is 0 Å². The van der Waals surface area contributed by atoms with Gasteiger partial charge in [-0.05, 0) is 52.9 Å². The van der Waals surface area contributed by atoms with E-state index in [1.807, 2.05) is 20.8 Å². The van der Waals surface area contributed by atoms with Crippen molar-refractivity contribution in [2.75, 3.05) is 185 Å². The van der Waals surface area contributed by atoms with Crippen LogP contribution in [0, 0.1) is 0 Å². The Morgan fingerprint density at radius 1 is 0.308 bits per heavy atom. The minimum absolute atomic E-state index is 0.0875. The van der Waals surface area contributed by atoms with Crippen molar-refractivity contribution in [1.29, 1.82) is 0 Å². The number of hydrogen-bond acceptors (Lipinski definition) is 18. The van der Waals surface area contributed by atoms with Crippen LogP contribution in [0.25, 0.3) is 0 Å². The lowest BCUT2D eigenvalue weighted by molar-refractivity contribution is -0.156. The minimum Gasteiger partial charge on any atom is -0.460 e. The summed E-state index contributed by atoms with van der Waals surface area (Å²) in [6.45, 7) is 20.7. The van der Waals surface area contributed by atoms with Gasteiger partial charge in [0.25, 0.3) is 0 Å². The Morgan fingerprint density at radius 3 is 0.910 bits per heavy atom. The second-order valence-electron chi connectivity index (χ2n) is 19.6.